The maximum absolute atomic E-state index is 5.07. The third kappa shape index (κ3) is 3.94. The summed E-state index contributed by atoms with van der Waals surface area (Å²) < 4.78 is 15.0. The van der Waals surface area contributed by atoms with E-state index in [0.29, 0.717) is 24.9 Å². The average Bonchev–Trinajstić information content (AvgIpc) is 2.72. The van der Waals surface area contributed by atoms with Crippen molar-refractivity contribution in [1.82, 2.24) is 15.5 Å². The molecule has 1 aromatic heterocycles. The Balaban J connectivity index is 2.33. The molecule has 1 N–H and O–H groups in total. The van der Waals surface area contributed by atoms with Gasteiger partial charge in [0.05, 0.1) is 13.2 Å². The molecule has 0 radical (unpaired) electrons. The molecule has 1 unspecified atom stereocenters. The number of aromatic nitrogens is 2. The van der Waals surface area contributed by atoms with Gasteiger partial charge in [-0.05, 0) is 6.92 Å². The normalized spacial score (nSPS) is 13.0. The van der Waals surface area contributed by atoms with Crippen LogP contribution in [0.5, 0.6) is 0 Å². The van der Waals surface area contributed by atoms with E-state index in [1.54, 1.807) is 14.2 Å². The molecule has 0 aromatic carbocycles. The fourth-order valence-electron chi connectivity index (χ4n) is 0.980. The van der Waals surface area contributed by atoms with Gasteiger partial charge in [0, 0.05) is 20.8 Å². The summed E-state index contributed by atoms with van der Waals surface area (Å²) in [5.74, 6) is 1.13. The van der Waals surface area contributed by atoms with Gasteiger partial charge < -0.3 is 19.3 Å². The zero-order valence-electron chi connectivity index (χ0n) is 9.32. The lowest BCUT2D eigenvalue weighted by atomic mass is 10.4. The molecule has 0 aliphatic rings. The van der Waals surface area contributed by atoms with Crippen LogP contribution < -0.4 is 5.32 Å². The Morgan fingerprint density at radius 3 is 2.93 bits per heavy atom. The third-order valence-corrected chi connectivity index (χ3v) is 1.96. The molecule has 1 heterocycles. The number of hydrogen-bond acceptors (Lipinski definition) is 6. The molecular weight excluding hydrogens is 198 g/mol. The second-order valence-corrected chi connectivity index (χ2v) is 3.09. The quantitative estimate of drug-likeness (QED) is 0.668. The summed E-state index contributed by atoms with van der Waals surface area (Å²) in [5, 5.41) is 6.91. The van der Waals surface area contributed by atoms with Crippen LogP contribution in [0, 0.1) is 0 Å². The topological polar surface area (TPSA) is 69.4 Å². The average molecular weight is 215 g/mol. The smallest absolute Gasteiger partial charge is 0.240 e. The number of ether oxygens (including phenoxy) is 2. The summed E-state index contributed by atoms with van der Waals surface area (Å²) >= 11 is 0. The molecule has 1 atom stereocenters. The second kappa shape index (κ2) is 6.49. The molecule has 0 spiro atoms. The van der Waals surface area contributed by atoms with Crippen LogP contribution >= 0.6 is 0 Å². The van der Waals surface area contributed by atoms with Crippen molar-refractivity contribution in [1.29, 1.82) is 0 Å². The van der Waals surface area contributed by atoms with E-state index in [2.05, 4.69) is 15.5 Å². The van der Waals surface area contributed by atoms with Crippen molar-refractivity contribution >= 4 is 0 Å². The monoisotopic (exact) mass is 215 g/mol. The number of nitrogens with zero attached hydrogens (tertiary/aromatic N) is 2. The van der Waals surface area contributed by atoms with Gasteiger partial charge in [-0.15, -0.1) is 0 Å². The zero-order chi connectivity index (χ0) is 11.1. The minimum absolute atomic E-state index is 0.138. The molecule has 1 aromatic rings. The van der Waals surface area contributed by atoms with E-state index in [0.717, 1.165) is 6.54 Å². The molecule has 0 amide bonds. The summed E-state index contributed by atoms with van der Waals surface area (Å²) in [7, 11) is 3.27. The van der Waals surface area contributed by atoms with Crippen molar-refractivity contribution in [3.05, 3.63) is 11.7 Å². The highest BCUT2D eigenvalue weighted by Crippen LogP contribution is 2.10. The van der Waals surface area contributed by atoms with Crippen LogP contribution in [0.2, 0.25) is 0 Å². The SMILES string of the molecule is COCCNCc1nc(C(C)OC)no1. The van der Waals surface area contributed by atoms with E-state index in [1.165, 1.54) is 0 Å². The Hall–Kier alpha value is -0.980. The Morgan fingerprint density at radius 1 is 1.47 bits per heavy atom. The number of methoxy groups -OCH3 is 2. The van der Waals surface area contributed by atoms with E-state index in [-0.39, 0.29) is 6.10 Å². The van der Waals surface area contributed by atoms with Crippen molar-refractivity contribution in [2.45, 2.75) is 19.6 Å². The molecule has 86 valence electrons. The van der Waals surface area contributed by atoms with Crippen molar-refractivity contribution < 1.29 is 14.0 Å². The van der Waals surface area contributed by atoms with E-state index in [9.17, 15) is 0 Å². The number of rotatable bonds is 7. The minimum atomic E-state index is -0.138. The van der Waals surface area contributed by atoms with Crippen LogP contribution in [0.15, 0.2) is 4.52 Å². The molecule has 0 aliphatic carbocycles. The van der Waals surface area contributed by atoms with Crippen molar-refractivity contribution in [2.24, 2.45) is 0 Å². The van der Waals surface area contributed by atoms with Crippen LogP contribution in [0.1, 0.15) is 24.7 Å². The van der Waals surface area contributed by atoms with Gasteiger partial charge in [-0.25, -0.2) is 0 Å². The van der Waals surface area contributed by atoms with Gasteiger partial charge in [-0.1, -0.05) is 5.16 Å². The summed E-state index contributed by atoms with van der Waals surface area (Å²) in [5.41, 5.74) is 0. The molecule has 6 nitrogen and oxygen atoms in total. The lowest BCUT2D eigenvalue weighted by Crippen LogP contribution is -2.18. The van der Waals surface area contributed by atoms with Crippen LogP contribution in [-0.2, 0) is 16.0 Å². The first-order valence-corrected chi connectivity index (χ1v) is 4.83. The van der Waals surface area contributed by atoms with E-state index >= 15 is 0 Å². The number of hydrogen-bond donors (Lipinski definition) is 1. The summed E-state index contributed by atoms with van der Waals surface area (Å²) in [4.78, 5) is 4.17. The minimum Gasteiger partial charge on any atom is -0.383 e. The first kappa shape index (κ1) is 12.1. The largest absolute Gasteiger partial charge is 0.383 e. The predicted molar refractivity (Wildman–Crippen MR) is 53.3 cm³/mol. The maximum Gasteiger partial charge on any atom is 0.240 e. The Kier molecular flexibility index (Phi) is 5.23. The van der Waals surface area contributed by atoms with Gasteiger partial charge in [0.25, 0.3) is 0 Å². The van der Waals surface area contributed by atoms with Gasteiger partial charge in [-0.3, -0.25) is 0 Å². The first-order chi connectivity index (χ1) is 7.27. The van der Waals surface area contributed by atoms with Crippen molar-refractivity contribution in [3.63, 3.8) is 0 Å². The molecule has 0 fully saturated rings. The van der Waals surface area contributed by atoms with Gasteiger partial charge >= 0.3 is 0 Å². The third-order valence-electron chi connectivity index (χ3n) is 1.96. The first-order valence-electron chi connectivity index (χ1n) is 4.83. The predicted octanol–water partition coefficient (Wildman–Crippen LogP) is 0.513. The molecule has 6 heteroatoms. The fraction of sp³-hybridized carbons (Fsp3) is 0.778. The van der Waals surface area contributed by atoms with Crippen LogP contribution in [0.3, 0.4) is 0 Å². The van der Waals surface area contributed by atoms with Crippen LogP contribution in [-0.4, -0.2) is 37.5 Å². The Morgan fingerprint density at radius 2 is 2.27 bits per heavy atom. The van der Waals surface area contributed by atoms with E-state index < -0.39 is 0 Å². The van der Waals surface area contributed by atoms with Crippen molar-refractivity contribution in [2.75, 3.05) is 27.4 Å². The van der Waals surface area contributed by atoms with Gasteiger partial charge in [0.1, 0.15) is 6.10 Å². The summed E-state index contributed by atoms with van der Waals surface area (Å²) in [6.45, 7) is 3.84. The molecular formula is C9H17N3O3. The van der Waals surface area contributed by atoms with Gasteiger partial charge in [-0.2, -0.15) is 4.98 Å². The molecule has 0 saturated carbocycles. The zero-order valence-corrected chi connectivity index (χ0v) is 9.32. The second-order valence-electron chi connectivity index (χ2n) is 3.09. The standard InChI is InChI=1S/C9H17N3O3/c1-7(14-3)9-11-8(15-12-9)6-10-4-5-13-2/h7,10H,4-6H2,1-3H3. The van der Waals surface area contributed by atoms with E-state index in [1.807, 2.05) is 6.92 Å². The molecule has 0 saturated heterocycles. The lowest BCUT2D eigenvalue weighted by Gasteiger charge is -2.01. The van der Waals surface area contributed by atoms with Crippen LogP contribution in [0.25, 0.3) is 0 Å². The molecule has 1 rings (SSSR count). The summed E-state index contributed by atoms with van der Waals surface area (Å²) in [6.07, 6.45) is -0.138. The molecule has 0 bridgehead atoms. The van der Waals surface area contributed by atoms with E-state index in [4.69, 9.17) is 14.0 Å². The van der Waals surface area contributed by atoms with Gasteiger partial charge in [0.2, 0.25) is 5.89 Å². The lowest BCUT2D eigenvalue weighted by molar-refractivity contribution is 0.109. The number of nitrogens with one attached hydrogen (secondary N) is 1. The summed E-state index contributed by atoms with van der Waals surface area (Å²) in [6, 6.07) is 0. The Bertz CT molecular complexity index is 277. The molecule has 0 aliphatic heterocycles. The highest BCUT2D eigenvalue weighted by molar-refractivity contribution is 4.89. The fourth-order valence-corrected chi connectivity index (χ4v) is 0.980. The maximum atomic E-state index is 5.07. The highest BCUT2D eigenvalue weighted by atomic mass is 16.5. The highest BCUT2D eigenvalue weighted by Gasteiger charge is 2.12. The van der Waals surface area contributed by atoms with Crippen LogP contribution in [0.4, 0.5) is 0 Å². The molecule has 15 heavy (non-hydrogen) atoms. The van der Waals surface area contributed by atoms with Gasteiger partial charge in [0.15, 0.2) is 5.82 Å². The van der Waals surface area contributed by atoms with Crippen molar-refractivity contribution in [3.8, 4) is 0 Å². The Labute approximate surface area is 88.9 Å².